The summed E-state index contributed by atoms with van der Waals surface area (Å²) in [5.74, 6) is -0.725. The minimum absolute atomic E-state index is 0.160. The number of ether oxygens (including phenoxy) is 3. The summed E-state index contributed by atoms with van der Waals surface area (Å²) in [4.78, 5) is 41.0. The lowest BCUT2D eigenvalue weighted by molar-refractivity contribution is -0.138. The van der Waals surface area contributed by atoms with Crippen molar-refractivity contribution in [3.63, 3.8) is 0 Å². The van der Waals surface area contributed by atoms with Crippen molar-refractivity contribution in [3.05, 3.63) is 59.7 Å². The van der Waals surface area contributed by atoms with Gasteiger partial charge in [-0.3, -0.25) is 9.59 Å². The van der Waals surface area contributed by atoms with Crippen LogP contribution < -0.4 is 9.47 Å². The quantitative estimate of drug-likeness (QED) is 0.558. The number of carbonyl (C=O) groups is 3. The highest BCUT2D eigenvalue weighted by Gasteiger charge is 2.52. The fourth-order valence-corrected chi connectivity index (χ4v) is 5.26. The second-order valence-electron chi connectivity index (χ2n) is 9.40. The van der Waals surface area contributed by atoms with Crippen molar-refractivity contribution in [2.45, 2.75) is 44.6 Å². The Morgan fingerprint density at radius 1 is 1.03 bits per heavy atom. The van der Waals surface area contributed by atoms with Gasteiger partial charge in [0.1, 0.15) is 29.8 Å². The molecule has 4 atom stereocenters. The lowest BCUT2D eigenvalue weighted by Crippen LogP contribution is -2.45. The summed E-state index contributed by atoms with van der Waals surface area (Å²) in [5, 5.41) is 0. The molecule has 4 rings (SSSR count). The van der Waals surface area contributed by atoms with Crippen LogP contribution in [0.4, 0.5) is 4.79 Å². The molecule has 2 aliphatic rings. The standard InChI is InChI=1S/C27H31NO6/c1-16(2)11-19-15-34-27(31)28(19)26(30)25-23(29)14-22(17-7-5-9-20(12-17)32-3)24(25)18-8-6-10-21(13-18)33-4/h5-10,12-13,16,19,22,24-25H,11,14-15H2,1-4H3/t19-,22-,24-,25-/m0/s1. The van der Waals surface area contributed by atoms with Crippen LogP contribution in [0.5, 0.6) is 11.5 Å². The van der Waals surface area contributed by atoms with E-state index in [2.05, 4.69) is 0 Å². The van der Waals surface area contributed by atoms with Crippen LogP contribution >= 0.6 is 0 Å². The molecule has 2 fully saturated rings. The van der Waals surface area contributed by atoms with E-state index in [0.29, 0.717) is 17.9 Å². The number of benzene rings is 2. The number of rotatable bonds is 7. The van der Waals surface area contributed by atoms with Gasteiger partial charge in [-0.05, 0) is 53.6 Å². The van der Waals surface area contributed by atoms with Gasteiger partial charge in [-0.2, -0.15) is 0 Å². The Labute approximate surface area is 200 Å². The van der Waals surface area contributed by atoms with E-state index in [1.165, 1.54) is 4.90 Å². The number of amides is 2. The van der Waals surface area contributed by atoms with Crippen LogP contribution in [0.25, 0.3) is 0 Å². The van der Waals surface area contributed by atoms with Crippen LogP contribution in [-0.4, -0.2) is 49.6 Å². The summed E-state index contributed by atoms with van der Waals surface area (Å²) in [6.07, 6.45) is 0.155. The minimum atomic E-state index is -0.983. The molecule has 1 aliphatic carbocycles. The number of hydrogen-bond acceptors (Lipinski definition) is 6. The fourth-order valence-electron chi connectivity index (χ4n) is 5.26. The molecule has 2 aromatic carbocycles. The van der Waals surface area contributed by atoms with Gasteiger partial charge in [0.2, 0.25) is 5.91 Å². The largest absolute Gasteiger partial charge is 0.497 e. The average molecular weight is 466 g/mol. The third-order valence-corrected chi connectivity index (χ3v) is 6.77. The Morgan fingerprint density at radius 2 is 1.65 bits per heavy atom. The van der Waals surface area contributed by atoms with Crippen molar-refractivity contribution in [3.8, 4) is 11.5 Å². The van der Waals surface area contributed by atoms with Crippen LogP contribution in [0.15, 0.2) is 48.5 Å². The molecule has 1 saturated heterocycles. The van der Waals surface area contributed by atoms with Crippen molar-refractivity contribution in [2.24, 2.45) is 11.8 Å². The number of imide groups is 1. The van der Waals surface area contributed by atoms with Gasteiger partial charge in [0.15, 0.2) is 0 Å². The fraction of sp³-hybridized carbons (Fsp3) is 0.444. The molecule has 0 aromatic heterocycles. The number of nitrogens with zero attached hydrogens (tertiary/aromatic N) is 1. The van der Waals surface area contributed by atoms with Crippen molar-refractivity contribution >= 4 is 17.8 Å². The van der Waals surface area contributed by atoms with Gasteiger partial charge in [0.25, 0.3) is 0 Å². The molecule has 0 bridgehead atoms. The Bertz CT molecular complexity index is 1080. The van der Waals surface area contributed by atoms with E-state index in [4.69, 9.17) is 14.2 Å². The molecule has 2 aromatic rings. The van der Waals surface area contributed by atoms with Crippen LogP contribution in [0.2, 0.25) is 0 Å². The molecule has 7 nitrogen and oxygen atoms in total. The Hall–Kier alpha value is -3.35. The summed E-state index contributed by atoms with van der Waals surface area (Å²) >= 11 is 0. The Balaban J connectivity index is 1.77. The molecule has 1 aliphatic heterocycles. The van der Waals surface area contributed by atoms with Gasteiger partial charge >= 0.3 is 6.09 Å². The average Bonchev–Trinajstić information content (AvgIpc) is 3.37. The van der Waals surface area contributed by atoms with Crippen LogP contribution in [0.3, 0.4) is 0 Å². The Morgan fingerprint density at radius 3 is 2.26 bits per heavy atom. The number of Topliss-reactive ketones (excluding diaryl/α,β-unsaturated/α-hetero) is 1. The van der Waals surface area contributed by atoms with Crippen LogP contribution in [-0.2, 0) is 14.3 Å². The lowest BCUT2D eigenvalue weighted by atomic mass is 9.79. The zero-order valence-electron chi connectivity index (χ0n) is 20.0. The summed E-state index contributed by atoms with van der Waals surface area (Å²) in [7, 11) is 3.18. The van der Waals surface area contributed by atoms with Gasteiger partial charge in [-0.15, -0.1) is 0 Å². The second-order valence-corrected chi connectivity index (χ2v) is 9.40. The first-order valence-electron chi connectivity index (χ1n) is 11.6. The molecule has 0 radical (unpaired) electrons. The monoisotopic (exact) mass is 465 g/mol. The van der Waals surface area contributed by atoms with Crippen molar-refractivity contribution in [1.82, 2.24) is 4.90 Å². The van der Waals surface area contributed by atoms with E-state index < -0.39 is 23.8 Å². The molecule has 180 valence electrons. The topological polar surface area (TPSA) is 82.1 Å². The molecule has 0 unspecified atom stereocenters. The number of methoxy groups -OCH3 is 2. The summed E-state index contributed by atoms with van der Waals surface area (Å²) in [5.41, 5.74) is 1.74. The number of hydrogen-bond donors (Lipinski definition) is 0. The highest BCUT2D eigenvalue weighted by Crippen LogP contribution is 2.50. The molecule has 1 heterocycles. The van der Waals surface area contributed by atoms with Crippen LogP contribution in [0, 0.1) is 11.8 Å². The summed E-state index contributed by atoms with van der Waals surface area (Å²) in [6.45, 7) is 4.22. The van der Waals surface area contributed by atoms with Crippen molar-refractivity contribution < 1.29 is 28.6 Å². The van der Waals surface area contributed by atoms with Crippen LogP contribution in [0.1, 0.15) is 49.7 Å². The van der Waals surface area contributed by atoms with E-state index in [1.807, 2.05) is 62.4 Å². The van der Waals surface area contributed by atoms with Crippen molar-refractivity contribution in [2.75, 3.05) is 20.8 Å². The van der Waals surface area contributed by atoms with Gasteiger partial charge in [-0.25, -0.2) is 9.69 Å². The molecule has 34 heavy (non-hydrogen) atoms. The highest BCUT2D eigenvalue weighted by atomic mass is 16.6. The molecular formula is C27H31NO6. The molecule has 1 saturated carbocycles. The number of cyclic esters (lactones) is 1. The minimum Gasteiger partial charge on any atom is -0.497 e. The first kappa shape index (κ1) is 23.8. The third-order valence-electron chi connectivity index (χ3n) is 6.77. The van der Waals surface area contributed by atoms with Crippen molar-refractivity contribution in [1.29, 1.82) is 0 Å². The SMILES string of the molecule is COc1cccc([C@@H]2[C@@H](C(=O)N3C(=O)OC[C@@H]3CC(C)C)C(=O)C[C@H]2c2cccc(OC)c2)c1. The summed E-state index contributed by atoms with van der Waals surface area (Å²) < 4.78 is 16.0. The zero-order chi connectivity index (χ0) is 24.4. The smallest absolute Gasteiger partial charge is 0.416 e. The van der Waals surface area contributed by atoms with Gasteiger partial charge in [-0.1, -0.05) is 38.1 Å². The first-order chi connectivity index (χ1) is 16.3. The predicted octanol–water partition coefficient (Wildman–Crippen LogP) is 4.55. The maximum atomic E-state index is 13.8. The lowest BCUT2D eigenvalue weighted by Gasteiger charge is -2.28. The third kappa shape index (κ3) is 4.52. The maximum absolute atomic E-state index is 13.8. The maximum Gasteiger partial charge on any atom is 0.416 e. The zero-order valence-corrected chi connectivity index (χ0v) is 20.0. The molecule has 0 N–H and O–H groups in total. The molecule has 2 amide bonds. The molecule has 0 spiro atoms. The molecular weight excluding hydrogens is 434 g/mol. The van der Waals surface area contributed by atoms with E-state index in [9.17, 15) is 14.4 Å². The van der Waals surface area contributed by atoms with Gasteiger partial charge in [0, 0.05) is 12.3 Å². The predicted molar refractivity (Wildman–Crippen MR) is 126 cm³/mol. The number of ketones is 1. The van der Waals surface area contributed by atoms with E-state index in [-0.39, 0.29) is 36.7 Å². The number of carbonyl (C=O) groups excluding carboxylic acids is 3. The second kappa shape index (κ2) is 9.87. The highest BCUT2D eigenvalue weighted by molar-refractivity contribution is 6.09. The van der Waals surface area contributed by atoms with E-state index >= 15 is 0 Å². The van der Waals surface area contributed by atoms with Gasteiger partial charge in [0.05, 0.1) is 20.3 Å². The Kier molecular flexibility index (Phi) is 6.91. The first-order valence-corrected chi connectivity index (χ1v) is 11.6. The van der Waals surface area contributed by atoms with Gasteiger partial charge < -0.3 is 14.2 Å². The summed E-state index contributed by atoms with van der Waals surface area (Å²) in [6, 6.07) is 14.7. The van der Waals surface area contributed by atoms with E-state index in [0.717, 1.165) is 11.1 Å². The normalized spacial score (nSPS) is 24.4. The van der Waals surface area contributed by atoms with E-state index in [1.54, 1.807) is 14.2 Å². The molecule has 7 heteroatoms.